The standard InChI is InChI=1S/C14H23NO2S/c1-6-13(15-5)12(4)18(16,17)14-8-7-10(2)9-11(14)3/h7-9,12-13,15H,6H2,1-5H3. The number of sulfone groups is 1. The van der Waals surface area contributed by atoms with Crippen molar-refractivity contribution in [3.05, 3.63) is 29.3 Å². The normalized spacial score (nSPS) is 15.4. The Kier molecular flexibility index (Phi) is 4.93. The summed E-state index contributed by atoms with van der Waals surface area (Å²) in [7, 11) is -1.46. The third kappa shape index (κ3) is 2.93. The second kappa shape index (κ2) is 5.85. The number of benzene rings is 1. The Morgan fingerprint density at radius 1 is 1.28 bits per heavy atom. The lowest BCUT2D eigenvalue weighted by Crippen LogP contribution is -2.40. The van der Waals surface area contributed by atoms with Crippen LogP contribution in [0.25, 0.3) is 0 Å². The van der Waals surface area contributed by atoms with Crippen molar-refractivity contribution in [1.82, 2.24) is 5.32 Å². The summed E-state index contributed by atoms with van der Waals surface area (Å²) in [5, 5.41) is 2.66. The highest BCUT2D eigenvalue weighted by Crippen LogP contribution is 2.23. The van der Waals surface area contributed by atoms with E-state index in [0.29, 0.717) is 4.90 Å². The molecule has 0 saturated carbocycles. The quantitative estimate of drug-likeness (QED) is 0.893. The van der Waals surface area contributed by atoms with Gasteiger partial charge in [-0.25, -0.2) is 8.42 Å². The lowest BCUT2D eigenvalue weighted by atomic mass is 10.1. The molecular formula is C14H23NO2S. The van der Waals surface area contributed by atoms with Gasteiger partial charge in [-0.2, -0.15) is 0 Å². The fourth-order valence-corrected chi connectivity index (χ4v) is 4.23. The molecule has 0 radical (unpaired) electrons. The SMILES string of the molecule is CCC(NC)C(C)S(=O)(=O)c1ccc(C)cc1C. The van der Waals surface area contributed by atoms with E-state index < -0.39 is 15.1 Å². The monoisotopic (exact) mass is 269 g/mol. The molecule has 0 spiro atoms. The fraction of sp³-hybridized carbons (Fsp3) is 0.571. The first-order valence-electron chi connectivity index (χ1n) is 6.33. The minimum absolute atomic E-state index is 0.0179. The van der Waals surface area contributed by atoms with E-state index in [1.54, 1.807) is 13.0 Å². The molecule has 3 nitrogen and oxygen atoms in total. The highest BCUT2D eigenvalue weighted by molar-refractivity contribution is 7.92. The maximum absolute atomic E-state index is 12.6. The molecule has 102 valence electrons. The molecule has 1 aromatic rings. The van der Waals surface area contributed by atoms with Crippen molar-refractivity contribution in [2.75, 3.05) is 7.05 Å². The van der Waals surface area contributed by atoms with Crippen molar-refractivity contribution in [3.8, 4) is 0 Å². The van der Waals surface area contributed by atoms with Crippen molar-refractivity contribution in [2.45, 2.75) is 50.3 Å². The number of nitrogens with one attached hydrogen (secondary N) is 1. The van der Waals surface area contributed by atoms with Crippen molar-refractivity contribution in [2.24, 2.45) is 0 Å². The van der Waals surface area contributed by atoms with Gasteiger partial charge in [0, 0.05) is 6.04 Å². The Morgan fingerprint density at radius 2 is 1.89 bits per heavy atom. The van der Waals surface area contributed by atoms with Crippen LogP contribution in [0.1, 0.15) is 31.4 Å². The minimum Gasteiger partial charge on any atom is -0.316 e. The van der Waals surface area contributed by atoms with E-state index in [2.05, 4.69) is 5.32 Å². The van der Waals surface area contributed by atoms with Crippen molar-refractivity contribution < 1.29 is 8.42 Å². The maximum Gasteiger partial charge on any atom is 0.182 e. The maximum atomic E-state index is 12.6. The predicted molar refractivity (Wildman–Crippen MR) is 75.7 cm³/mol. The Labute approximate surface area is 111 Å². The summed E-state index contributed by atoms with van der Waals surface area (Å²) in [5.41, 5.74) is 1.91. The molecule has 2 atom stereocenters. The molecule has 0 bridgehead atoms. The molecule has 1 aromatic carbocycles. The first-order chi connectivity index (χ1) is 8.34. The van der Waals surface area contributed by atoms with Crippen molar-refractivity contribution >= 4 is 9.84 Å². The molecule has 18 heavy (non-hydrogen) atoms. The lowest BCUT2D eigenvalue weighted by Gasteiger charge is -2.23. The zero-order chi connectivity index (χ0) is 13.9. The largest absolute Gasteiger partial charge is 0.316 e. The van der Waals surface area contributed by atoms with E-state index in [-0.39, 0.29) is 6.04 Å². The summed E-state index contributed by atoms with van der Waals surface area (Å²) < 4.78 is 25.2. The van der Waals surface area contributed by atoms with Crippen LogP contribution in [-0.2, 0) is 9.84 Å². The topological polar surface area (TPSA) is 46.2 Å². The van der Waals surface area contributed by atoms with Gasteiger partial charge in [-0.1, -0.05) is 24.6 Å². The third-order valence-corrected chi connectivity index (χ3v) is 5.88. The number of hydrogen-bond donors (Lipinski definition) is 1. The summed E-state index contributed by atoms with van der Waals surface area (Å²) in [4.78, 5) is 0.453. The molecule has 1 rings (SSSR count). The van der Waals surface area contributed by atoms with Crippen molar-refractivity contribution in [1.29, 1.82) is 0 Å². The van der Waals surface area contributed by atoms with Gasteiger partial charge in [-0.15, -0.1) is 0 Å². The van der Waals surface area contributed by atoms with Crippen LogP contribution in [0.5, 0.6) is 0 Å². The van der Waals surface area contributed by atoms with E-state index in [1.165, 1.54) is 0 Å². The Hall–Kier alpha value is -0.870. The highest BCUT2D eigenvalue weighted by atomic mass is 32.2. The van der Waals surface area contributed by atoms with E-state index in [1.807, 2.05) is 40.0 Å². The van der Waals surface area contributed by atoms with Gasteiger partial charge in [0.05, 0.1) is 10.1 Å². The van der Waals surface area contributed by atoms with Gasteiger partial charge in [0.2, 0.25) is 0 Å². The highest BCUT2D eigenvalue weighted by Gasteiger charge is 2.30. The van der Waals surface area contributed by atoms with Gasteiger partial charge in [-0.3, -0.25) is 0 Å². The van der Waals surface area contributed by atoms with Gasteiger partial charge < -0.3 is 5.32 Å². The molecule has 0 fully saturated rings. The first kappa shape index (κ1) is 15.2. The van der Waals surface area contributed by atoms with Crippen molar-refractivity contribution in [3.63, 3.8) is 0 Å². The first-order valence-corrected chi connectivity index (χ1v) is 7.87. The molecule has 0 aliphatic carbocycles. The van der Waals surface area contributed by atoms with Crippen LogP contribution in [0.4, 0.5) is 0 Å². The molecule has 0 saturated heterocycles. The van der Waals surface area contributed by atoms with Gasteiger partial charge in [0.25, 0.3) is 0 Å². The van der Waals surface area contributed by atoms with Gasteiger partial charge in [-0.05, 0) is 45.9 Å². The fourth-order valence-electron chi connectivity index (χ4n) is 2.31. The van der Waals surface area contributed by atoms with E-state index in [0.717, 1.165) is 17.5 Å². The van der Waals surface area contributed by atoms with Gasteiger partial charge in [0.1, 0.15) is 0 Å². The van der Waals surface area contributed by atoms with Crippen LogP contribution < -0.4 is 5.32 Å². The molecule has 2 unspecified atom stereocenters. The summed E-state index contributed by atoms with van der Waals surface area (Å²) in [6.45, 7) is 7.59. The van der Waals surface area contributed by atoms with Crippen LogP contribution in [0.2, 0.25) is 0 Å². The summed E-state index contributed by atoms with van der Waals surface area (Å²) in [6.07, 6.45) is 0.793. The second-order valence-electron chi connectivity index (χ2n) is 4.82. The minimum atomic E-state index is -3.27. The molecule has 0 aliphatic heterocycles. The molecule has 0 amide bonds. The zero-order valence-electron chi connectivity index (χ0n) is 11.8. The smallest absolute Gasteiger partial charge is 0.182 e. The number of aryl methyl sites for hydroxylation is 2. The molecule has 0 aliphatic rings. The Morgan fingerprint density at radius 3 is 2.33 bits per heavy atom. The zero-order valence-corrected chi connectivity index (χ0v) is 12.6. The predicted octanol–water partition coefficient (Wildman–Crippen LogP) is 2.46. The van der Waals surface area contributed by atoms with Crippen LogP contribution in [0, 0.1) is 13.8 Å². The average Bonchev–Trinajstić information content (AvgIpc) is 2.29. The van der Waals surface area contributed by atoms with E-state index in [9.17, 15) is 8.42 Å². The summed E-state index contributed by atoms with van der Waals surface area (Å²) in [5.74, 6) is 0. The molecule has 1 N–H and O–H groups in total. The number of hydrogen-bond acceptors (Lipinski definition) is 3. The molecule has 0 heterocycles. The summed E-state index contributed by atoms with van der Waals surface area (Å²) >= 11 is 0. The van der Waals surface area contributed by atoms with E-state index >= 15 is 0 Å². The van der Waals surface area contributed by atoms with Gasteiger partial charge >= 0.3 is 0 Å². The second-order valence-corrected chi connectivity index (χ2v) is 7.10. The van der Waals surface area contributed by atoms with Crippen LogP contribution in [-0.4, -0.2) is 26.8 Å². The average molecular weight is 269 g/mol. The van der Waals surface area contributed by atoms with Crippen LogP contribution >= 0.6 is 0 Å². The molecule has 0 aromatic heterocycles. The molecule has 4 heteroatoms. The Balaban J connectivity index is 3.21. The number of rotatable bonds is 5. The Bertz CT molecular complexity index is 505. The summed E-state index contributed by atoms with van der Waals surface area (Å²) in [6, 6.07) is 5.47. The molecular weight excluding hydrogens is 246 g/mol. The lowest BCUT2D eigenvalue weighted by molar-refractivity contribution is 0.504. The van der Waals surface area contributed by atoms with Crippen LogP contribution in [0.3, 0.4) is 0 Å². The van der Waals surface area contributed by atoms with E-state index in [4.69, 9.17) is 0 Å². The third-order valence-electron chi connectivity index (χ3n) is 3.50. The van der Waals surface area contributed by atoms with Gasteiger partial charge in [0.15, 0.2) is 9.84 Å². The van der Waals surface area contributed by atoms with Crippen LogP contribution in [0.15, 0.2) is 23.1 Å².